The number of ether oxygens (including phenoxy) is 2. The lowest BCUT2D eigenvalue weighted by molar-refractivity contribution is 0.0730. The number of carbonyl (C=O) groups excluding carboxylic acids is 1. The highest BCUT2D eigenvalue weighted by Crippen LogP contribution is 2.27. The molecule has 3 aromatic rings. The molecule has 164 valence electrons. The number of methoxy groups -OCH3 is 1. The maximum absolute atomic E-state index is 13.0. The van der Waals surface area contributed by atoms with E-state index in [1.807, 2.05) is 30.5 Å². The van der Waals surface area contributed by atoms with Crippen LogP contribution < -0.4 is 10.1 Å². The fourth-order valence-electron chi connectivity index (χ4n) is 3.71. The molecular formula is C22H25N3O5S. The van der Waals surface area contributed by atoms with E-state index in [1.54, 1.807) is 0 Å². The molecular weight excluding hydrogens is 418 g/mol. The van der Waals surface area contributed by atoms with Crippen molar-refractivity contribution in [1.29, 1.82) is 0 Å². The quantitative estimate of drug-likeness (QED) is 0.633. The van der Waals surface area contributed by atoms with Crippen LogP contribution in [0.2, 0.25) is 0 Å². The van der Waals surface area contributed by atoms with Gasteiger partial charge in [0.1, 0.15) is 5.75 Å². The van der Waals surface area contributed by atoms with Crippen molar-refractivity contribution in [1.82, 2.24) is 8.87 Å². The Morgan fingerprint density at radius 3 is 2.61 bits per heavy atom. The number of morpholine rings is 1. The number of nitrogens with zero attached hydrogens (tertiary/aromatic N) is 2. The molecule has 1 aromatic heterocycles. The van der Waals surface area contributed by atoms with Crippen molar-refractivity contribution in [2.24, 2.45) is 0 Å². The number of rotatable bonds is 6. The zero-order chi connectivity index (χ0) is 22.0. The number of anilines is 1. The van der Waals surface area contributed by atoms with E-state index in [-0.39, 0.29) is 23.5 Å². The molecule has 0 spiro atoms. The number of amides is 1. The van der Waals surface area contributed by atoms with E-state index in [0.29, 0.717) is 24.7 Å². The minimum atomic E-state index is -3.73. The highest BCUT2D eigenvalue weighted by molar-refractivity contribution is 7.89. The normalized spacial score (nSPS) is 15.2. The van der Waals surface area contributed by atoms with Crippen LogP contribution in [0.1, 0.15) is 17.3 Å². The van der Waals surface area contributed by atoms with Crippen LogP contribution in [0.3, 0.4) is 0 Å². The third-order valence-electron chi connectivity index (χ3n) is 5.39. The molecule has 1 amide bonds. The molecule has 1 aliphatic heterocycles. The molecule has 2 heterocycles. The number of nitrogens with one attached hydrogen (secondary N) is 1. The maximum Gasteiger partial charge on any atom is 0.259 e. The third kappa shape index (κ3) is 4.16. The van der Waals surface area contributed by atoms with Gasteiger partial charge in [-0.1, -0.05) is 0 Å². The van der Waals surface area contributed by atoms with E-state index in [9.17, 15) is 13.2 Å². The smallest absolute Gasteiger partial charge is 0.259 e. The molecule has 8 nitrogen and oxygen atoms in total. The number of benzene rings is 2. The fourth-order valence-corrected chi connectivity index (χ4v) is 5.15. The summed E-state index contributed by atoms with van der Waals surface area (Å²) in [7, 11) is -2.28. The standard InChI is InChI=1S/C22H25N3O5S/c1-3-24-9-8-16-14-17(4-6-20(16)24)23-22(26)19-15-18(5-7-21(19)29-2)31(27,28)25-10-12-30-13-11-25/h4-9,14-15H,3,10-13H2,1-2H3,(H,23,26). The molecule has 0 radical (unpaired) electrons. The number of carbonyl (C=O) groups is 1. The highest BCUT2D eigenvalue weighted by atomic mass is 32.2. The number of aromatic nitrogens is 1. The van der Waals surface area contributed by atoms with E-state index < -0.39 is 15.9 Å². The first-order chi connectivity index (χ1) is 14.9. The lowest BCUT2D eigenvalue weighted by Gasteiger charge is -2.26. The van der Waals surface area contributed by atoms with Crippen molar-refractivity contribution in [3.63, 3.8) is 0 Å². The zero-order valence-electron chi connectivity index (χ0n) is 17.5. The van der Waals surface area contributed by atoms with E-state index in [0.717, 1.165) is 17.4 Å². The van der Waals surface area contributed by atoms with Gasteiger partial charge in [0.25, 0.3) is 5.91 Å². The van der Waals surface area contributed by atoms with Crippen LogP contribution in [0.5, 0.6) is 5.75 Å². The van der Waals surface area contributed by atoms with Crippen LogP contribution >= 0.6 is 0 Å². The van der Waals surface area contributed by atoms with Crippen molar-refractivity contribution >= 4 is 32.5 Å². The van der Waals surface area contributed by atoms with Gasteiger partial charge < -0.3 is 19.4 Å². The summed E-state index contributed by atoms with van der Waals surface area (Å²) in [5, 5.41) is 3.86. The summed E-state index contributed by atoms with van der Waals surface area (Å²) in [4.78, 5) is 13.1. The van der Waals surface area contributed by atoms with Gasteiger partial charge in [-0.05, 0) is 49.4 Å². The Morgan fingerprint density at radius 2 is 1.90 bits per heavy atom. The summed E-state index contributed by atoms with van der Waals surface area (Å²) in [5.74, 6) is -0.137. The molecule has 2 aromatic carbocycles. The van der Waals surface area contributed by atoms with E-state index in [1.165, 1.54) is 29.6 Å². The minimum Gasteiger partial charge on any atom is -0.496 e. The number of hydrogen-bond donors (Lipinski definition) is 1. The summed E-state index contributed by atoms with van der Waals surface area (Å²) in [6.45, 7) is 4.20. The second-order valence-corrected chi connectivity index (χ2v) is 9.15. The van der Waals surface area contributed by atoms with Crippen LogP contribution in [0, 0.1) is 0 Å². The predicted octanol–water partition coefficient (Wildman–Crippen LogP) is 2.94. The van der Waals surface area contributed by atoms with Crippen molar-refractivity contribution in [2.75, 3.05) is 38.7 Å². The van der Waals surface area contributed by atoms with Crippen molar-refractivity contribution in [2.45, 2.75) is 18.4 Å². The highest BCUT2D eigenvalue weighted by Gasteiger charge is 2.28. The van der Waals surface area contributed by atoms with Gasteiger partial charge in [0.15, 0.2) is 0 Å². The Hall–Kier alpha value is -2.88. The molecule has 1 fully saturated rings. The number of sulfonamides is 1. The molecule has 4 rings (SSSR count). The lowest BCUT2D eigenvalue weighted by atomic mass is 10.1. The Bertz CT molecular complexity index is 1210. The second kappa shape index (κ2) is 8.70. The predicted molar refractivity (Wildman–Crippen MR) is 118 cm³/mol. The van der Waals surface area contributed by atoms with Gasteiger partial charge in [-0.25, -0.2) is 8.42 Å². The van der Waals surface area contributed by atoms with Gasteiger partial charge in [0.2, 0.25) is 10.0 Å². The van der Waals surface area contributed by atoms with E-state index in [4.69, 9.17) is 9.47 Å². The molecule has 9 heteroatoms. The Kier molecular flexibility index (Phi) is 5.99. The summed E-state index contributed by atoms with van der Waals surface area (Å²) in [6, 6.07) is 12.0. The number of fused-ring (bicyclic) bond motifs is 1. The molecule has 1 saturated heterocycles. The monoisotopic (exact) mass is 443 g/mol. The van der Waals surface area contributed by atoms with E-state index in [2.05, 4.69) is 16.8 Å². The van der Waals surface area contributed by atoms with E-state index >= 15 is 0 Å². The number of aryl methyl sites for hydroxylation is 1. The van der Waals surface area contributed by atoms with Gasteiger partial charge in [-0.15, -0.1) is 0 Å². The maximum atomic E-state index is 13.0. The molecule has 1 N–H and O–H groups in total. The van der Waals surface area contributed by atoms with Gasteiger partial charge in [0, 0.05) is 42.4 Å². The topological polar surface area (TPSA) is 89.9 Å². The van der Waals surface area contributed by atoms with Crippen LogP contribution in [0.25, 0.3) is 10.9 Å². The van der Waals surface area contributed by atoms with Crippen LogP contribution in [-0.2, 0) is 21.3 Å². The Balaban J connectivity index is 1.63. The third-order valence-corrected chi connectivity index (χ3v) is 7.29. The van der Waals surface area contributed by atoms with Crippen molar-refractivity contribution < 1.29 is 22.7 Å². The first kappa shape index (κ1) is 21.4. The second-order valence-electron chi connectivity index (χ2n) is 7.21. The largest absolute Gasteiger partial charge is 0.496 e. The van der Waals surface area contributed by atoms with Crippen LogP contribution in [0.15, 0.2) is 53.6 Å². The number of hydrogen-bond acceptors (Lipinski definition) is 5. The molecule has 0 aliphatic carbocycles. The Morgan fingerprint density at radius 1 is 1.13 bits per heavy atom. The molecule has 0 unspecified atom stereocenters. The lowest BCUT2D eigenvalue weighted by Crippen LogP contribution is -2.40. The minimum absolute atomic E-state index is 0.0517. The average molecular weight is 444 g/mol. The summed E-state index contributed by atoms with van der Waals surface area (Å²) in [5.41, 5.74) is 1.86. The van der Waals surface area contributed by atoms with Crippen molar-refractivity contribution in [3.05, 3.63) is 54.2 Å². The first-order valence-corrected chi connectivity index (χ1v) is 11.5. The molecule has 31 heavy (non-hydrogen) atoms. The van der Waals surface area contributed by atoms with Crippen LogP contribution in [-0.4, -0.2) is 56.6 Å². The molecule has 1 aliphatic rings. The van der Waals surface area contributed by atoms with Gasteiger partial charge in [0.05, 0.1) is 30.8 Å². The fraction of sp³-hybridized carbons (Fsp3) is 0.318. The van der Waals surface area contributed by atoms with Crippen LogP contribution in [0.4, 0.5) is 5.69 Å². The Labute approximate surface area is 181 Å². The molecule has 0 saturated carbocycles. The van der Waals surface area contributed by atoms with Gasteiger partial charge >= 0.3 is 0 Å². The summed E-state index contributed by atoms with van der Waals surface area (Å²) < 4.78 is 40.0. The zero-order valence-corrected chi connectivity index (χ0v) is 18.3. The first-order valence-electron chi connectivity index (χ1n) is 10.1. The summed E-state index contributed by atoms with van der Waals surface area (Å²) >= 11 is 0. The van der Waals surface area contributed by atoms with Gasteiger partial charge in [-0.2, -0.15) is 4.31 Å². The molecule has 0 bridgehead atoms. The summed E-state index contributed by atoms with van der Waals surface area (Å²) in [6.07, 6.45) is 2.00. The molecule has 0 atom stereocenters. The SMILES string of the molecule is CCn1ccc2cc(NC(=O)c3cc(S(=O)(=O)N4CCOCC4)ccc3OC)ccc21. The van der Waals surface area contributed by atoms with Gasteiger partial charge in [-0.3, -0.25) is 4.79 Å². The van der Waals surface area contributed by atoms with Crippen molar-refractivity contribution in [3.8, 4) is 5.75 Å². The average Bonchev–Trinajstić information content (AvgIpc) is 3.21.